The summed E-state index contributed by atoms with van der Waals surface area (Å²) in [6.07, 6.45) is 12.3. The second kappa shape index (κ2) is 10.0. The molecule has 0 saturated heterocycles. The van der Waals surface area contributed by atoms with Gasteiger partial charge in [-0.1, -0.05) is 52.9 Å². The summed E-state index contributed by atoms with van der Waals surface area (Å²) < 4.78 is 2.23. The van der Waals surface area contributed by atoms with Gasteiger partial charge < -0.3 is 9.88 Å². The van der Waals surface area contributed by atoms with E-state index >= 15 is 0 Å². The summed E-state index contributed by atoms with van der Waals surface area (Å²) in [6, 6.07) is 0. The summed E-state index contributed by atoms with van der Waals surface area (Å²) in [5, 5.41) is 3.43. The van der Waals surface area contributed by atoms with Crippen LogP contribution >= 0.6 is 0 Å². The van der Waals surface area contributed by atoms with E-state index in [1.807, 2.05) is 6.33 Å². The number of nitrogens with zero attached hydrogens (tertiary/aromatic N) is 2. The highest BCUT2D eigenvalue weighted by Crippen LogP contribution is 2.06. The molecule has 0 spiro atoms. The fraction of sp³-hybridized carbons (Fsp3) is 0.812. The predicted octanol–water partition coefficient (Wildman–Crippen LogP) is 3.99. The molecule has 1 aromatic heterocycles. The molecule has 0 aliphatic rings. The topological polar surface area (TPSA) is 29.9 Å². The van der Waals surface area contributed by atoms with Crippen LogP contribution in [0.1, 0.15) is 65.0 Å². The average molecular weight is 265 g/mol. The third-order valence-corrected chi connectivity index (χ3v) is 3.32. The standard InChI is InChI=1S/C16H31N3/c1-4-5-6-7-8-9-10-19-13-16(18-14-19)12-17-11-15(2)3/h13-15,17H,4-12H2,1-3H3. The number of hydrogen-bond acceptors (Lipinski definition) is 2. The van der Waals surface area contributed by atoms with Gasteiger partial charge >= 0.3 is 0 Å². The molecule has 3 heteroatoms. The van der Waals surface area contributed by atoms with E-state index in [0.29, 0.717) is 5.92 Å². The predicted molar refractivity (Wildman–Crippen MR) is 82.1 cm³/mol. The van der Waals surface area contributed by atoms with Crippen molar-refractivity contribution >= 4 is 0 Å². The molecule has 0 aromatic carbocycles. The summed E-state index contributed by atoms with van der Waals surface area (Å²) in [7, 11) is 0. The Morgan fingerprint density at radius 2 is 1.89 bits per heavy atom. The lowest BCUT2D eigenvalue weighted by molar-refractivity contribution is 0.546. The maximum absolute atomic E-state index is 4.44. The molecule has 1 aromatic rings. The minimum Gasteiger partial charge on any atom is -0.337 e. The maximum atomic E-state index is 4.44. The third-order valence-electron chi connectivity index (χ3n) is 3.32. The van der Waals surface area contributed by atoms with Gasteiger partial charge in [0.25, 0.3) is 0 Å². The largest absolute Gasteiger partial charge is 0.337 e. The minimum atomic E-state index is 0.699. The van der Waals surface area contributed by atoms with Crippen LogP contribution in [-0.4, -0.2) is 16.1 Å². The van der Waals surface area contributed by atoms with E-state index in [-0.39, 0.29) is 0 Å². The van der Waals surface area contributed by atoms with Gasteiger partial charge in [-0.05, 0) is 18.9 Å². The lowest BCUT2D eigenvalue weighted by atomic mass is 10.1. The van der Waals surface area contributed by atoms with Gasteiger partial charge in [0.2, 0.25) is 0 Å². The van der Waals surface area contributed by atoms with Crippen LogP contribution in [0.5, 0.6) is 0 Å². The Morgan fingerprint density at radius 1 is 1.16 bits per heavy atom. The monoisotopic (exact) mass is 265 g/mol. The quantitative estimate of drug-likeness (QED) is 0.613. The summed E-state index contributed by atoms with van der Waals surface area (Å²) >= 11 is 0. The van der Waals surface area contributed by atoms with Gasteiger partial charge in [-0.25, -0.2) is 4.98 Å². The molecule has 1 N–H and O–H groups in total. The van der Waals surface area contributed by atoms with E-state index in [4.69, 9.17) is 0 Å². The van der Waals surface area contributed by atoms with Crippen molar-refractivity contribution in [2.45, 2.75) is 72.4 Å². The van der Waals surface area contributed by atoms with Crippen molar-refractivity contribution in [1.82, 2.24) is 14.9 Å². The smallest absolute Gasteiger partial charge is 0.0949 e. The maximum Gasteiger partial charge on any atom is 0.0949 e. The SMILES string of the molecule is CCCCCCCCn1cnc(CNCC(C)C)c1. The van der Waals surface area contributed by atoms with Gasteiger partial charge in [0.1, 0.15) is 0 Å². The molecule has 0 fully saturated rings. The Morgan fingerprint density at radius 3 is 2.63 bits per heavy atom. The molecular weight excluding hydrogens is 234 g/mol. The van der Waals surface area contributed by atoms with Crippen LogP contribution in [0, 0.1) is 5.92 Å². The van der Waals surface area contributed by atoms with E-state index < -0.39 is 0 Å². The van der Waals surface area contributed by atoms with Crippen LogP contribution in [0.15, 0.2) is 12.5 Å². The van der Waals surface area contributed by atoms with E-state index in [9.17, 15) is 0 Å². The number of imidazole rings is 1. The normalized spacial score (nSPS) is 11.4. The number of hydrogen-bond donors (Lipinski definition) is 1. The lowest BCUT2D eigenvalue weighted by Gasteiger charge is -2.05. The molecule has 0 amide bonds. The first-order valence-electron chi connectivity index (χ1n) is 7.93. The second-order valence-corrected chi connectivity index (χ2v) is 5.90. The number of unbranched alkanes of at least 4 members (excludes halogenated alkanes) is 5. The Hall–Kier alpha value is -0.830. The molecule has 3 nitrogen and oxygen atoms in total. The third kappa shape index (κ3) is 8.04. The summed E-state index contributed by atoms with van der Waals surface area (Å²) in [4.78, 5) is 4.44. The van der Waals surface area contributed by atoms with Crippen LogP contribution in [0.3, 0.4) is 0 Å². The summed E-state index contributed by atoms with van der Waals surface area (Å²) in [5.74, 6) is 0.699. The first-order valence-corrected chi connectivity index (χ1v) is 7.93. The first kappa shape index (κ1) is 16.2. The van der Waals surface area contributed by atoms with E-state index in [1.54, 1.807) is 0 Å². The van der Waals surface area contributed by atoms with Gasteiger partial charge in [-0.15, -0.1) is 0 Å². The van der Waals surface area contributed by atoms with Gasteiger partial charge in [0.05, 0.1) is 12.0 Å². The van der Waals surface area contributed by atoms with Crippen molar-refractivity contribution in [3.05, 3.63) is 18.2 Å². The number of rotatable bonds is 11. The van der Waals surface area contributed by atoms with Crippen molar-refractivity contribution in [2.24, 2.45) is 5.92 Å². The van der Waals surface area contributed by atoms with Gasteiger partial charge in [-0.2, -0.15) is 0 Å². The molecule has 0 unspecified atom stereocenters. The van der Waals surface area contributed by atoms with Crippen molar-refractivity contribution in [2.75, 3.05) is 6.54 Å². The van der Waals surface area contributed by atoms with Crippen molar-refractivity contribution in [1.29, 1.82) is 0 Å². The van der Waals surface area contributed by atoms with E-state index in [2.05, 4.69) is 41.8 Å². The van der Waals surface area contributed by atoms with Crippen LogP contribution in [0.25, 0.3) is 0 Å². The van der Waals surface area contributed by atoms with Crippen molar-refractivity contribution in [3.8, 4) is 0 Å². The first-order chi connectivity index (χ1) is 9.22. The van der Waals surface area contributed by atoms with Gasteiger partial charge in [0, 0.05) is 19.3 Å². The Kier molecular flexibility index (Phi) is 8.55. The molecule has 0 radical (unpaired) electrons. The van der Waals surface area contributed by atoms with Gasteiger partial charge in [-0.3, -0.25) is 0 Å². The van der Waals surface area contributed by atoms with Crippen molar-refractivity contribution in [3.63, 3.8) is 0 Å². The average Bonchev–Trinajstić information content (AvgIpc) is 2.81. The fourth-order valence-electron chi connectivity index (χ4n) is 2.18. The van der Waals surface area contributed by atoms with Crippen LogP contribution in [-0.2, 0) is 13.1 Å². The molecule has 0 aliphatic heterocycles. The molecular formula is C16H31N3. The molecule has 0 saturated carbocycles. The van der Waals surface area contributed by atoms with Crippen molar-refractivity contribution < 1.29 is 0 Å². The molecule has 1 rings (SSSR count). The highest BCUT2D eigenvalue weighted by Gasteiger charge is 1.99. The van der Waals surface area contributed by atoms with E-state index in [0.717, 1.165) is 25.3 Å². The lowest BCUT2D eigenvalue weighted by Crippen LogP contribution is -2.19. The summed E-state index contributed by atoms with van der Waals surface area (Å²) in [6.45, 7) is 9.78. The Labute approximate surface area is 118 Å². The molecule has 19 heavy (non-hydrogen) atoms. The fourth-order valence-corrected chi connectivity index (χ4v) is 2.18. The van der Waals surface area contributed by atoms with Crippen LogP contribution < -0.4 is 5.32 Å². The molecule has 0 atom stereocenters. The van der Waals surface area contributed by atoms with Crippen LogP contribution in [0.2, 0.25) is 0 Å². The number of aryl methyl sites for hydroxylation is 1. The Bertz CT molecular complexity index is 318. The highest BCUT2D eigenvalue weighted by molar-refractivity contribution is 4.96. The zero-order valence-electron chi connectivity index (χ0n) is 13.0. The molecule has 1 heterocycles. The van der Waals surface area contributed by atoms with Crippen LogP contribution in [0.4, 0.5) is 0 Å². The molecule has 110 valence electrons. The Balaban J connectivity index is 2.09. The molecule has 0 bridgehead atoms. The van der Waals surface area contributed by atoms with Gasteiger partial charge in [0.15, 0.2) is 0 Å². The number of nitrogens with one attached hydrogen (secondary N) is 1. The zero-order valence-corrected chi connectivity index (χ0v) is 13.0. The second-order valence-electron chi connectivity index (χ2n) is 5.90. The molecule has 0 aliphatic carbocycles. The summed E-state index contributed by atoms with van der Waals surface area (Å²) in [5.41, 5.74) is 1.16. The van der Waals surface area contributed by atoms with E-state index in [1.165, 1.54) is 38.5 Å². The minimum absolute atomic E-state index is 0.699. The highest BCUT2D eigenvalue weighted by atomic mass is 15.0. The zero-order chi connectivity index (χ0) is 13.9. The number of aromatic nitrogens is 2.